The Morgan fingerprint density at radius 3 is 2.25 bits per heavy atom. The van der Waals surface area contributed by atoms with Gasteiger partial charge in [-0.2, -0.15) is 5.10 Å². The summed E-state index contributed by atoms with van der Waals surface area (Å²) < 4.78 is 2.03. The lowest BCUT2D eigenvalue weighted by Crippen LogP contribution is -2.32. The number of aryl methyl sites for hydroxylation is 1. The molecule has 7 nitrogen and oxygen atoms in total. The second-order valence-corrected chi connectivity index (χ2v) is 8.42. The van der Waals surface area contributed by atoms with Crippen LogP contribution in [0.25, 0.3) is 11.3 Å². The molecule has 0 fully saturated rings. The molecular formula is C24H25BrN4O3. The van der Waals surface area contributed by atoms with Gasteiger partial charge in [0.05, 0.1) is 5.69 Å². The molecule has 8 heteroatoms. The van der Waals surface area contributed by atoms with E-state index in [1.165, 1.54) is 6.07 Å². The monoisotopic (exact) mass is 496 g/mol. The Balaban J connectivity index is 1.96. The van der Waals surface area contributed by atoms with E-state index in [1.807, 2.05) is 51.1 Å². The van der Waals surface area contributed by atoms with E-state index in [4.69, 9.17) is 0 Å². The first kappa shape index (κ1) is 23.4. The van der Waals surface area contributed by atoms with Crippen LogP contribution in [-0.2, 0) is 16.1 Å². The topological polar surface area (TPSA) is 93.1 Å². The second kappa shape index (κ2) is 9.91. The Morgan fingerprint density at radius 2 is 1.59 bits per heavy atom. The van der Waals surface area contributed by atoms with Crippen LogP contribution < -0.4 is 16.2 Å². The lowest BCUT2D eigenvalue weighted by Gasteiger charge is -2.14. The van der Waals surface area contributed by atoms with E-state index in [0.29, 0.717) is 11.4 Å². The smallest absolute Gasteiger partial charge is 0.291 e. The van der Waals surface area contributed by atoms with Crippen LogP contribution in [0.4, 0.5) is 11.4 Å². The minimum atomic E-state index is -0.540. The summed E-state index contributed by atoms with van der Waals surface area (Å²) in [6, 6.07) is 12.8. The zero-order valence-corrected chi connectivity index (χ0v) is 20.0. The molecule has 2 aromatic carbocycles. The number of hydrogen-bond acceptors (Lipinski definition) is 4. The molecule has 0 bridgehead atoms. The van der Waals surface area contributed by atoms with Crippen LogP contribution in [-0.4, -0.2) is 21.6 Å². The Kier molecular flexibility index (Phi) is 7.25. The first-order chi connectivity index (χ1) is 15.2. The summed E-state index contributed by atoms with van der Waals surface area (Å²) in [5, 5.41) is 9.85. The molecule has 0 saturated heterocycles. The first-order valence-corrected chi connectivity index (χ1v) is 11.0. The van der Waals surface area contributed by atoms with Crippen molar-refractivity contribution in [3.63, 3.8) is 0 Å². The molecule has 0 atom stereocenters. The summed E-state index contributed by atoms with van der Waals surface area (Å²) in [5.74, 6) is -0.682. The van der Waals surface area contributed by atoms with Crippen molar-refractivity contribution in [2.24, 2.45) is 0 Å². The van der Waals surface area contributed by atoms with E-state index >= 15 is 0 Å². The van der Waals surface area contributed by atoms with Crippen molar-refractivity contribution in [2.45, 2.75) is 40.7 Å². The predicted molar refractivity (Wildman–Crippen MR) is 130 cm³/mol. The van der Waals surface area contributed by atoms with Crippen molar-refractivity contribution in [3.8, 4) is 11.3 Å². The number of rotatable bonds is 6. The fraction of sp³-hybridized carbons (Fsp3) is 0.250. The van der Waals surface area contributed by atoms with Gasteiger partial charge in [-0.15, -0.1) is 0 Å². The summed E-state index contributed by atoms with van der Waals surface area (Å²) in [4.78, 5) is 37.6. The van der Waals surface area contributed by atoms with Gasteiger partial charge in [0.15, 0.2) is 0 Å². The Labute approximate surface area is 195 Å². The van der Waals surface area contributed by atoms with E-state index in [1.54, 1.807) is 13.0 Å². The molecule has 3 aromatic rings. The predicted octanol–water partition coefficient (Wildman–Crippen LogP) is 4.59. The van der Waals surface area contributed by atoms with Crippen LogP contribution in [0.2, 0.25) is 0 Å². The number of nitrogens with one attached hydrogen (secondary N) is 2. The number of hydrogen-bond donors (Lipinski definition) is 2. The van der Waals surface area contributed by atoms with Crippen molar-refractivity contribution in [1.82, 2.24) is 9.78 Å². The molecule has 166 valence electrons. The number of benzene rings is 2. The number of amides is 2. The number of carbonyl (C=O) groups excluding carboxylic acids is 2. The average Bonchev–Trinajstić information content (AvgIpc) is 2.77. The summed E-state index contributed by atoms with van der Waals surface area (Å²) in [7, 11) is 0. The molecule has 2 N–H and O–H groups in total. The molecule has 0 unspecified atom stereocenters. The number of halogens is 1. The lowest BCUT2D eigenvalue weighted by atomic mass is 10.1. The molecule has 0 radical (unpaired) electrons. The molecule has 1 aromatic heterocycles. The lowest BCUT2D eigenvalue weighted by molar-refractivity contribution is -0.117. The first-order valence-electron chi connectivity index (χ1n) is 10.2. The highest BCUT2D eigenvalue weighted by Crippen LogP contribution is 2.26. The highest BCUT2D eigenvalue weighted by molar-refractivity contribution is 9.10. The fourth-order valence-corrected chi connectivity index (χ4v) is 3.52. The molecule has 0 aliphatic carbocycles. The third-order valence-corrected chi connectivity index (χ3v) is 6.06. The highest BCUT2D eigenvalue weighted by Gasteiger charge is 2.15. The number of carbonyl (C=O) groups is 2. The van der Waals surface area contributed by atoms with E-state index in [-0.39, 0.29) is 24.6 Å². The van der Waals surface area contributed by atoms with E-state index in [0.717, 1.165) is 31.4 Å². The standard InChI is InChI=1S/C24H25BrN4O3/c1-5-22(30)27-21-12-20(17-8-6-14(2)7-9-17)28-29(24(21)32)13-23(31)26-19-11-10-18(25)15(3)16(19)4/h6-12H,5,13H2,1-4H3,(H,26,31)(H,27,30). The van der Waals surface area contributed by atoms with Gasteiger partial charge in [0.2, 0.25) is 11.8 Å². The van der Waals surface area contributed by atoms with Gasteiger partial charge in [-0.3, -0.25) is 14.4 Å². The maximum atomic E-state index is 12.9. The quantitative estimate of drug-likeness (QED) is 0.521. The van der Waals surface area contributed by atoms with Gasteiger partial charge in [0, 0.05) is 22.1 Å². The normalized spacial score (nSPS) is 10.7. The minimum Gasteiger partial charge on any atom is -0.324 e. The summed E-state index contributed by atoms with van der Waals surface area (Å²) >= 11 is 3.48. The summed E-state index contributed by atoms with van der Waals surface area (Å²) in [5.41, 5.74) is 4.50. The molecule has 0 spiro atoms. The van der Waals surface area contributed by atoms with Gasteiger partial charge in [-0.1, -0.05) is 52.7 Å². The van der Waals surface area contributed by atoms with Crippen molar-refractivity contribution in [2.75, 3.05) is 10.6 Å². The van der Waals surface area contributed by atoms with E-state index in [9.17, 15) is 14.4 Å². The highest BCUT2D eigenvalue weighted by atomic mass is 79.9. The number of anilines is 2. The van der Waals surface area contributed by atoms with Crippen molar-refractivity contribution < 1.29 is 9.59 Å². The van der Waals surface area contributed by atoms with Gasteiger partial charge in [0.25, 0.3) is 5.56 Å². The van der Waals surface area contributed by atoms with Crippen LogP contribution in [0.5, 0.6) is 0 Å². The summed E-state index contributed by atoms with van der Waals surface area (Å²) in [6.45, 7) is 7.25. The zero-order valence-electron chi connectivity index (χ0n) is 18.5. The van der Waals surface area contributed by atoms with E-state index in [2.05, 4.69) is 31.7 Å². The molecule has 0 aliphatic heterocycles. The Morgan fingerprint density at radius 1 is 0.938 bits per heavy atom. The van der Waals surface area contributed by atoms with Crippen molar-refractivity contribution in [1.29, 1.82) is 0 Å². The van der Waals surface area contributed by atoms with Crippen LogP contribution >= 0.6 is 15.9 Å². The van der Waals surface area contributed by atoms with Gasteiger partial charge < -0.3 is 10.6 Å². The number of aromatic nitrogens is 2. The van der Waals surface area contributed by atoms with Crippen LogP contribution in [0.15, 0.2) is 51.7 Å². The average molecular weight is 497 g/mol. The maximum Gasteiger partial charge on any atom is 0.291 e. The molecule has 32 heavy (non-hydrogen) atoms. The number of nitrogens with zero attached hydrogens (tertiary/aromatic N) is 2. The fourth-order valence-electron chi connectivity index (χ4n) is 3.09. The van der Waals surface area contributed by atoms with Crippen LogP contribution in [0.3, 0.4) is 0 Å². The Hall–Kier alpha value is -3.26. The Bertz CT molecular complexity index is 1230. The summed E-state index contributed by atoms with van der Waals surface area (Å²) in [6.07, 6.45) is 0.226. The van der Waals surface area contributed by atoms with Gasteiger partial charge in [-0.25, -0.2) is 4.68 Å². The SMILES string of the molecule is CCC(=O)Nc1cc(-c2ccc(C)cc2)nn(CC(=O)Nc2ccc(Br)c(C)c2C)c1=O. The third kappa shape index (κ3) is 5.31. The molecular weight excluding hydrogens is 472 g/mol. The maximum absolute atomic E-state index is 12.9. The minimum absolute atomic E-state index is 0.0888. The third-order valence-electron chi connectivity index (χ3n) is 5.21. The van der Waals surface area contributed by atoms with Crippen LogP contribution in [0, 0.1) is 20.8 Å². The second-order valence-electron chi connectivity index (χ2n) is 7.57. The van der Waals surface area contributed by atoms with Crippen LogP contribution in [0.1, 0.15) is 30.0 Å². The van der Waals surface area contributed by atoms with Gasteiger partial charge in [-0.05, 0) is 50.1 Å². The molecule has 2 amide bonds. The largest absolute Gasteiger partial charge is 0.324 e. The zero-order chi connectivity index (χ0) is 23.4. The molecule has 3 rings (SSSR count). The molecule has 0 saturated carbocycles. The molecule has 1 heterocycles. The van der Waals surface area contributed by atoms with E-state index < -0.39 is 11.5 Å². The molecule has 0 aliphatic rings. The van der Waals surface area contributed by atoms with Gasteiger partial charge in [0.1, 0.15) is 12.2 Å². The van der Waals surface area contributed by atoms with Gasteiger partial charge >= 0.3 is 0 Å². The van der Waals surface area contributed by atoms with Crippen molar-refractivity contribution in [3.05, 3.63) is 74.0 Å². The van der Waals surface area contributed by atoms with Crippen molar-refractivity contribution >= 4 is 39.1 Å².